The number of benzene rings is 2. The smallest absolute Gasteiger partial charge is 0.239 e. The molecule has 5 heteroatoms. The van der Waals surface area contributed by atoms with Crippen molar-refractivity contribution in [2.75, 3.05) is 28.6 Å². The number of nitrogens with one attached hydrogen (secondary N) is 2. The van der Waals surface area contributed by atoms with Crippen LogP contribution in [-0.4, -0.2) is 24.9 Å². The summed E-state index contributed by atoms with van der Waals surface area (Å²) >= 11 is 0. The van der Waals surface area contributed by atoms with Crippen molar-refractivity contribution in [3.05, 3.63) is 53.6 Å². The second kappa shape index (κ2) is 8.91. The fourth-order valence-corrected chi connectivity index (χ4v) is 2.88. The number of carbonyl (C=O) groups is 2. The van der Waals surface area contributed by atoms with Crippen LogP contribution in [0, 0.1) is 19.3 Å². The van der Waals surface area contributed by atoms with Crippen LogP contribution in [0.15, 0.2) is 42.5 Å². The Morgan fingerprint density at radius 2 is 1.46 bits per heavy atom. The van der Waals surface area contributed by atoms with Crippen molar-refractivity contribution in [2.45, 2.75) is 41.5 Å². The second-order valence-corrected chi connectivity index (χ2v) is 7.57. The SMILES string of the molecule is CCN(CC)c1ccc(NC(=O)C(C)(C)C(=O)Nc2cc(C)ccc2C)cc1. The van der Waals surface area contributed by atoms with Crippen molar-refractivity contribution < 1.29 is 9.59 Å². The topological polar surface area (TPSA) is 61.4 Å². The lowest BCUT2D eigenvalue weighted by atomic mass is 9.90. The normalized spacial score (nSPS) is 11.1. The molecule has 0 aliphatic rings. The van der Waals surface area contributed by atoms with E-state index in [0.29, 0.717) is 5.69 Å². The Morgan fingerprint density at radius 3 is 2.04 bits per heavy atom. The zero-order valence-electron chi connectivity index (χ0n) is 17.7. The van der Waals surface area contributed by atoms with E-state index in [1.807, 2.05) is 56.3 Å². The van der Waals surface area contributed by atoms with Crippen molar-refractivity contribution >= 4 is 28.9 Å². The van der Waals surface area contributed by atoms with Gasteiger partial charge in [0.15, 0.2) is 0 Å². The first-order valence-electron chi connectivity index (χ1n) is 9.74. The molecule has 0 fully saturated rings. The van der Waals surface area contributed by atoms with Crippen LogP contribution in [0.2, 0.25) is 0 Å². The molecular weight excluding hydrogens is 350 g/mol. The molecule has 2 rings (SSSR count). The second-order valence-electron chi connectivity index (χ2n) is 7.57. The van der Waals surface area contributed by atoms with E-state index in [9.17, 15) is 9.59 Å². The average molecular weight is 382 g/mol. The van der Waals surface area contributed by atoms with Crippen LogP contribution in [-0.2, 0) is 9.59 Å². The molecule has 0 aliphatic heterocycles. The third-order valence-electron chi connectivity index (χ3n) is 5.03. The highest BCUT2D eigenvalue weighted by molar-refractivity contribution is 6.14. The van der Waals surface area contributed by atoms with E-state index >= 15 is 0 Å². The fraction of sp³-hybridized carbons (Fsp3) is 0.391. The summed E-state index contributed by atoms with van der Waals surface area (Å²) < 4.78 is 0. The summed E-state index contributed by atoms with van der Waals surface area (Å²) in [6.07, 6.45) is 0. The predicted molar refractivity (Wildman–Crippen MR) is 117 cm³/mol. The Balaban J connectivity index is 2.09. The minimum atomic E-state index is -1.21. The van der Waals surface area contributed by atoms with Crippen LogP contribution in [0.25, 0.3) is 0 Å². The molecule has 0 aliphatic carbocycles. The number of hydrogen-bond donors (Lipinski definition) is 2. The van der Waals surface area contributed by atoms with Gasteiger partial charge in [0, 0.05) is 30.2 Å². The molecule has 28 heavy (non-hydrogen) atoms. The highest BCUT2D eigenvalue weighted by atomic mass is 16.2. The molecule has 0 spiro atoms. The Hall–Kier alpha value is -2.82. The zero-order valence-corrected chi connectivity index (χ0v) is 17.7. The number of hydrogen-bond acceptors (Lipinski definition) is 3. The first kappa shape index (κ1) is 21.5. The van der Waals surface area contributed by atoms with Crippen molar-refractivity contribution in [3.63, 3.8) is 0 Å². The molecular formula is C23H31N3O2. The van der Waals surface area contributed by atoms with Crippen molar-refractivity contribution in [1.29, 1.82) is 0 Å². The van der Waals surface area contributed by atoms with Gasteiger partial charge in [-0.05, 0) is 83.0 Å². The highest BCUT2D eigenvalue weighted by Gasteiger charge is 2.36. The van der Waals surface area contributed by atoms with Gasteiger partial charge in [0.25, 0.3) is 0 Å². The van der Waals surface area contributed by atoms with Crippen LogP contribution in [0.5, 0.6) is 0 Å². The number of carbonyl (C=O) groups excluding carboxylic acids is 2. The van der Waals surface area contributed by atoms with E-state index in [-0.39, 0.29) is 11.8 Å². The average Bonchev–Trinajstić information content (AvgIpc) is 2.66. The maximum Gasteiger partial charge on any atom is 0.239 e. The summed E-state index contributed by atoms with van der Waals surface area (Å²) in [6, 6.07) is 13.5. The van der Waals surface area contributed by atoms with Crippen LogP contribution in [0.3, 0.4) is 0 Å². The van der Waals surface area contributed by atoms with Gasteiger partial charge < -0.3 is 15.5 Å². The quantitative estimate of drug-likeness (QED) is 0.680. The lowest BCUT2D eigenvalue weighted by molar-refractivity contribution is -0.135. The van der Waals surface area contributed by atoms with Crippen molar-refractivity contribution in [3.8, 4) is 0 Å². The Labute approximate surface area is 168 Å². The largest absolute Gasteiger partial charge is 0.372 e. The molecule has 2 aromatic carbocycles. The van der Waals surface area contributed by atoms with Gasteiger partial charge in [-0.3, -0.25) is 9.59 Å². The molecule has 2 N–H and O–H groups in total. The van der Waals surface area contributed by atoms with Crippen molar-refractivity contribution in [2.24, 2.45) is 5.41 Å². The first-order valence-corrected chi connectivity index (χ1v) is 9.74. The molecule has 0 radical (unpaired) electrons. The van der Waals surface area contributed by atoms with Crippen LogP contribution >= 0.6 is 0 Å². The molecule has 0 aromatic heterocycles. The van der Waals surface area contributed by atoms with E-state index in [4.69, 9.17) is 0 Å². The Morgan fingerprint density at radius 1 is 0.893 bits per heavy atom. The molecule has 0 atom stereocenters. The summed E-state index contributed by atoms with van der Waals surface area (Å²) in [6.45, 7) is 13.2. The van der Waals surface area contributed by atoms with E-state index in [2.05, 4.69) is 29.4 Å². The van der Waals surface area contributed by atoms with Crippen LogP contribution < -0.4 is 15.5 Å². The van der Waals surface area contributed by atoms with Gasteiger partial charge in [-0.25, -0.2) is 0 Å². The number of nitrogens with zero attached hydrogens (tertiary/aromatic N) is 1. The monoisotopic (exact) mass is 381 g/mol. The van der Waals surface area contributed by atoms with Gasteiger partial charge >= 0.3 is 0 Å². The van der Waals surface area contributed by atoms with Gasteiger partial charge in [-0.2, -0.15) is 0 Å². The van der Waals surface area contributed by atoms with Crippen molar-refractivity contribution in [1.82, 2.24) is 0 Å². The lowest BCUT2D eigenvalue weighted by Gasteiger charge is -2.24. The zero-order chi connectivity index (χ0) is 20.9. The van der Waals surface area contributed by atoms with E-state index in [0.717, 1.165) is 35.6 Å². The van der Waals surface area contributed by atoms with Gasteiger partial charge in [0.05, 0.1) is 0 Å². The Kier molecular flexibility index (Phi) is 6.84. The van der Waals surface area contributed by atoms with E-state index in [1.54, 1.807) is 13.8 Å². The maximum atomic E-state index is 12.8. The van der Waals surface area contributed by atoms with Crippen LogP contribution in [0.4, 0.5) is 17.1 Å². The number of amides is 2. The molecule has 2 amide bonds. The fourth-order valence-electron chi connectivity index (χ4n) is 2.88. The van der Waals surface area contributed by atoms with E-state index < -0.39 is 5.41 Å². The molecule has 150 valence electrons. The third-order valence-corrected chi connectivity index (χ3v) is 5.03. The third kappa shape index (κ3) is 4.91. The number of aryl methyl sites for hydroxylation is 2. The van der Waals surface area contributed by atoms with Gasteiger partial charge in [-0.15, -0.1) is 0 Å². The Bertz CT molecular complexity index is 837. The first-order chi connectivity index (χ1) is 13.2. The molecule has 0 saturated carbocycles. The summed E-state index contributed by atoms with van der Waals surface area (Å²) in [5, 5.41) is 5.75. The number of anilines is 3. The summed E-state index contributed by atoms with van der Waals surface area (Å²) in [4.78, 5) is 27.8. The molecule has 2 aromatic rings. The number of rotatable bonds is 7. The van der Waals surface area contributed by atoms with Crippen LogP contribution in [0.1, 0.15) is 38.8 Å². The molecule has 0 bridgehead atoms. The maximum absolute atomic E-state index is 12.8. The highest BCUT2D eigenvalue weighted by Crippen LogP contribution is 2.25. The van der Waals surface area contributed by atoms with Gasteiger partial charge in [0.2, 0.25) is 11.8 Å². The summed E-state index contributed by atoms with van der Waals surface area (Å²) in [7, 11) is 0. The van der Waals surface area contributed by atoms with E-state index in [1.165, 1.54) is 0 Å². The minimum Gasteiger partial charge on any atom is -0.372 e. The molecule has 5 nitrogen and oxygen atoms in total. The van der Waals surface area contributed by atoms with Gasteiger partial charge in [-0.1, -0.05) is 12.1 Å². The van der Waals surface area contributed by atoms with Gasteiger partial charge in [0.1, 0.15) is 5.41 Å². The lowest BCUT2D eigenvalue weighted by Crippen LogP contribution is -2.41. The predicted octanol–water partition coefficient (Wildman–Crippen LogP) is 4.75. The standard InChI is InChI=1S/C23H31N3O2/c1-7-26(8-2)19-13-11-18(12-14-19)24-21(27)23(5,6)22(28)25-20-15-16(3)9-10-17(20)4/h9-15H,7-8H2,1-6H3,(H,24,27)(H,25,28). The molecule has 0 heterocycles. The molecule has 0 saturated heterocycles. The molecule has 0 unspecified atom stereocenters. The minimum absolute atomic E-state index is 0.335. The summed E-state index contributed by atoms with van der Waals surface area (Å²) in [5.41, 5.74) is 3.31. The summed E-state index contributed by atoms with van der Waals surface area (Å²) in [5.74, 6) is -0.677.